The van der Waals surface area contributed by atoms with E-state index in [0.717, 1.165) is 25.7 Å². The number of hydrogen-bond donors (Lipinski definition) is 2. The molecule has 0 aromatic heterocycles. The molecule has 2 saturated heterocycles. The molecule has 33 heavy (non-hydrogen) atoms. The number of carbonyl (C=O) groups is 2. The molecule has 0 unspecified atom stereocenters. The quantitative estimate of drug-likeness (QED) is 0.704. The first-order chi connectivity index (χ1) is 16.2. The zero-order valence-electron chi connectivity index (χ0n) is 18.6. The third kappa shape index (κ3) is 5.04. The van der Waals surface area contributed by atoms with Crippen LogP contribution in [0.2, 0.25) is 0 Å². The van der Waals surface area contributed by atoms with Gasteiger partial charge in [-0.2, -0.15) is 0 Å². The first kappa shape index (κ1) is 21.9. The van der Waals surface area contributed by atoms with E-state index in [1.54, 1.807) is 18.2 Å². The monoisotopic (exact) mass is 450 g/mol. The molecule has 0 spiro atoms. The van der Waals surface area contributed by atoms with E-state index in [0.29, 0.717) is 30.3 Å². The van der Waals surface area contributed by atoms with E-state index < -0.39 is 0 Å². The van der Waals surface area contributed by atoms with Crippen molar-refractivity contribution < 1.29 is 23.8 Å². The number of amides is 2. The van der Waals surface area contributed by atoms with Gasteiger partial charge in [0, 0.05) is 11.5 Å². The van der Waals surface area contributed by atoms with Crippen LogP contribution in [0.15, 0.2) is 54.6 Å². The second-order valence-electron chi connectivity index (χ2n) is 9.07. The topological polar surface area (TPSA) is 85.9 Å². The predicted octanol–water partition coefficient (Wildman–Crippen LogP) is 3.44. The minimum Gasteiger partial charge on any atom is -0.457 e. The fourth-order valence-corrected chi connectivity index (χ4v) is 4.99. The van der Waals surface area contributed by atoms with Gasteiger partial charge in [-0.15, -0.1) is 0 Å². The van der Waals surface area contributed by atoms with Crippen molar-refractivity contribution >= 4 is 11.8 Å². The van der Waals surface area contributed by atoms with Crippen molar-refractivity contribution in [2.45, 2.75) is 56.4 Å². The summed E-state index contributed by atoms with van der Waals surface area (Å²) in [5.74, 6) is 1.30. The lowest BCUT2D eigenvalue weighted by atomic mass is 9.88. The Bertz CT molecular complexity index is 976. The molecule has 2 N–H and O–H groups in total. The van der Waals surface area contributed by atoms with Gasteiger partial charge in [0.2, 0.25) is 5.91 Å². The Morgan fingerprint density at radius 3 is 2.18 bits per heavy atom. The summed E-state index contributed by atoms with van der Waals surface area (Å²) < 4.78 is 17.7. The van der Waals surface area contributed by atoms with Crippen molar-refractivity contribution in [3.63, 3.8) is 0 Å². The van der Waals surface area contributed by atoms with Gasteiger partial charge in [0.1, 0.15) is 23.7 Å². The summed E-state index contributed by atoms with van der Waals surface area (Å²) in [5.41, 5.74) is 0.507. The Labute approximate surface area is 193 Å². The molecule has 0 bridgehead atoms. The van der Waals surface area contributed by atoms with Crippen LogP contribution in [0.4, 0.5) is 0 Å². The van der Waals surface area contributed by atoms with E-state index in [9.17, 15) is 9.59 Å². The van der Waals surface area contributed by atoms with Gasteiger partial charge >= 0.3 is 0 Å². The Kier molecular flexibility index (Phi) is 6.60. The number of fused-ring (bicyclic) bond motifs is 1. The van der Waals surface area contributed by atoms with Gasteiger partial charge in [0.25, 0.3) is 5.91 Å². The molecule has 2 amide bonds. The van der Waals surface area contributed by atoms with Crippen LogP contribution in [0.3, 0.4) is 0 Å². The Morgan fingerprint density at radius 2 is 1.45 bits per heavy atom. The highest BCUT2D eigenvalue weighted by molar-refractivity contribution is 5.94. The van der Waals surface area contributed by atoms with Crippen molar-refractivity contribution in [3.8, 4) is 11.5 Å². The summed E-state index contributed by atoms with van der Waals surface area (Å²) in [5, 5.41) is 6.18. The summed E-state index contributed by atoms with van der Waals surface area (Å²) in [7, 11) is 0. The van der Waals surface area contributed by atoms with Crippen molar-refractivity contribution in [2.24, 2.45) is 5.92 Å². The van der Waals surface area contributed by atoms with Gasteiger partial charge in [0.05, 0.1) is 25.3 Å². The number of hydrogen-bond acceptors (Lipinski definition) is 5. The molecule has 2 aromatic carbocycles. The lowest BCUT2D eigenvalue weighted by Crippen LogP contribution is -2.48. The molecule has 174 valence electrons. The minimum absolute atomic E-state index is 0.0973. The first-order valence-electron chi connectivity index (χ1n) is 11.8. The van der Waals surface area contributed by atoms with Crippen molar-refractivity contribution in [1.82, 2.24) is 10.6 Å². The van der Waals surface area contributed by atoms with E-state index in [4.69, 9.17) is 14.2 Å². The van der Waals surface area contributed by atoms with Crippen LogP contribution < -0.4 is 15.4 Å². The number of rotatable bonds is 6. The van der Waals surface area contributed by atoms with E-state index in [2.05, 4.69) is 10.6 Å². The lowest BCUT2D eigenvalue weighted by Gasteiger charge is -2.24. The maximum Gasteiger partial charge on any atom is 0.251 e. The summed E-state index contributed by atoms with van der Waals surface area (Å²) >= 11 is 0. The number of para-hydroxylation sites is 1. The highest BCUT2D eigenvalue weighted by Crippen LogP contribution is 2.29. The van der Waals surface area contributed by atoms with E-state index in [1.807, 2.05) is 36.4 Å². The molecule has 2 aromatic rings. The number of nitrogens with one attached hydrogen (secondary N) is 2. The molecule has 1 aliphatic carbocycles. The van der Waals surface area contributed by atoms with E-state index in [-0.39, 0.29) is 42.0 Å². The van der Waals surface area contributed by atoms with Crippen molar-refractivity contribution in [1.29, 1.82) is 0 Å². The highest BCUT2D eigenvalue weighted by atomic mass is 16.6. The van der Waals surface area contributed by atoms with Crippen molar-refractivity contribution in [2.75, 3.05) is 13.2 Å². The van der Waals surface area contributed by atoms with Crippen LogP contribution in [-0.2, 0) is 14.3 Å². The Balaban J connectivity index is 1.17. The molecule has 3 fully saturated rings. The molecule has 3 aliphatic rings. The largest absolute Gasteiger partial charge is 0.457 e. The second kappa shape index (κ2) is 9.93. The van der Waals surface area contributed by atoms with Gasteiger partial charge < -0.3 is 24.8 Å². The zero-order valence-corrected chi connectivity index (χ0v) is 18.6. The zero-order chi connectivity index (χ0) is 22.6. The Morgan fingerprint density at radius 1 is 0.788 bits per heavy atom. The number of benzene rings is 2. The minimum atomic E-state index is -0.269. The summed E-state index contributed by atoms with van der Waals surface area (Å²) in [4.78, 5) is 25.6. The van der Waals surface area contributed by atoms with Gasteiger partial charge in [0.15, 0.2) is 0 Å². The molecule has 5 rings (SSSR count). The summed E-state index contributed by atoms with van der Waals surface area (Å²) in [6, 6.07) is 16.1. The van der Waals surface area contributed by atoms with Crippen LogP contribution in [-0.4, -0.2) is 49.3 Å². The second-order valence-corrected chi connectivity index (χ2v) is 9.07. The fraction of sp³-hybridized carbons (Fsp3) is 0.462. The molecule has 2 heterocycles. The van der Waals surface area contributed by atoms with Gasteiger partial charge in [-0.25, -0.2) is 0 Å². The Hall–Kier alpha value is -2.90. The average molecular weight is 451 g/mol. The van der Waals surface area contributed by atoms with E-state index >= 15 is 0 Å². The molecule has 1 saturated carbocycles. The maximum absolute atomic E-state index is 12.9. The highest BCUT2D eigenvalue weighted by Gasteiger charge is 2.49. The van der Waals surface area contributed by atoms with Gasteiger partial charge in [-0.3, -0.25) is 9.59 Å². The van der Waals surface area contributed by atoms with E-state index in [1.165, 1.54) is 6.42 Å². The first-order valence-corrected chi connectivity index (χ1v) is 11.8. The lowest BCUT2D eigenvalue weighted by molar-refractivity contribution is -0.127. The average Bonchev–Trinajstić information content (AvgIpc) is 3.44. The number of carbonyl (C=O) groups excluding carboxylic acids is 2. The van der Waals surface area contributed by atoms with Crippen LogP contribution in [0.25, 0.3) is 0 Å². The molecule has 0 radical (unpaired) electrons. The number of ether oxygens (including phenoxy) is 3. The van der Waals surface area contributed by atoms with Gasteiger partial charge in [-0.05, 0) is 43.2 Å². The predicted molar refractivity (Wildman–Crippen MR) is 122 cm³/mol. The third-order valence-corrected chi connectivity index (χ3v) is 6.75. The molecule has 2 aliphatic heterocycles. The molecule has 7 nitrogen and oxygen atoms in total. The molecule has 4 atom stereocenters. The normalized spacial score (nSPS) is 27.0. The van der Waals surface area contributed by atoms with Crippen molar-refractivity contribution in [3.05, 3.63) is 60.2 Å². The molecule has 7 heteroatoms. The third-order valence-electron chi connectivity index (χ3n) is 6.75. The van der Waals surface area contributed by atoms with Crippen LogP contribution in [0.1, 0.15) is 42.5 Å². The summed E-state index contributed by atoms with van der Waals surface area (Å²) in [6.07, 6.45) is 4.86. The van der Waals surface area contributed by atoms with Gasteiger partial charge in [-0.1, -0.05) is 43.5 Å². The SMILES string of the molecule is O=C(N[C@H]1CO[C@H]2[C@@H]1OC[C@@H]2NC(=O)C1CCCCC1)c1cccc(Oc2ccccc2)c1. The van der Waals surface area contributed by atoms with Crippen LogP contribution >= 0.6 is 0 Å². The standard InChI is InChI=1S/C26H30N2O5/c29-25(17-8-3-1-4-9-17)27-21-15-31-24-22(16-32-23(21)24)28-26(30)18-10-7-13-20(14-18)33-19-11-5-2-6-12-19/h2,5-7,10-14,17,21-24H,1,3-4,8-9,15-16H2,(H,27,29)(H,28,30)/t21-,22-,23+,24+/m0/s1. The molecular formula is C26H30N2O5. The molecular weight excluding hydrogens is 420 g/mol. The smallest absolute Gasteiger partial charge is 0.251 e. The summed E-state index contributed by atoms with van der Waals surface area (Å²) in [6.45, 7) is 0.762. The maximum atomic E-state index is 12.9. The fourth-order valence-electron chi connectivity index (χ4n) is 4.99. The van der Waals surface area contributed by atoms with Crippen LogP contribution in [0.5, 0.6) is 11.5 Å². The van der Waals surface area contributed by atoms with Crippen LogP contribution in [0, 0.1) is 5.92 Å².